The molecule has 0 saturated carbocycles. The van der Waals surface area contributed by atoms with Crippen molar-refractivity contribution in [2.75, 3.05) is 18.1 Å². The Morgan fingerprint density at radius 2 is 1.88 bits per heavy atom. The Bertz CT molecular complexity index is 439. The summed E-state index contributed by atoms with van der Waals surface area (Å²) in [6.45, 7) is 2.61. The third-order valence-corrected chi connectivity index (χ3v) is 3.69. The standard InChI is InChI=1S/C12H19NO3S/c1-3-11(14)8-9-13-10-4-6-12(7-5-10)17(2,15)16/h4-7,11,13-14H,3,8-9H2,1-2H3. The smallest absolute Gasteiger partial charge is 0.175 e. The Kier molecular flexibility index (Phi) is 4.96. The third kappa shape index (κ3) is 4.75. The van der Waals surface area contributed by atoms with Gasteiger partial charge in [0.25, 0.3) is 0 Å². The van der Waals surface area contributed by atoms with E-state index in [0.717, 1.165) is 12.1 Å². The van der Waals surface area contributed by atoms with E-state index in [1.165, 1.54) is 6.26 Å². The van der Waals surface area contributed by atoms with Crippen LogP contribution in [0.2, 0.25) is 0 Å². The van der Waals surface area contributed by atoms with Gasteiger partial charge in [-0.2, -0.15) is 0 Å². The molecule has 0 spiro atoms. The summed E-state index contributed by atoms with van der Waals surface area (Å²) in [7, 11) is -3.13. The van der Waals surface area contributed by atoms with Crippen molar-refractivity contribution in [1.29, 1.82) is 0 Å². The van der Waals surface area contributed by atoms with Crippen molar-refractivity contribution in [1.82, 2.24) is 0 Å². The van der Waals surface area contributed by atoms with Crippen LogP contribution in [-0.4, -0.2) is 32.4 Å². The monoisotopic (exact) mass is 257 g/mol. The molecule has 1 rings (SSSR count). The Morgan fingerprint density at radius 3 is 2.35 bits per heavy atom. The highest BCUT2D eigenvalue weighted by molar-refractivity contribution is 7.90. The van der Waals surface area contributed by atoms with E-state index in [1.807, 2.05) is 6.92 Å². The summed E-state index contributed by atoms with van der Waals surface area (Å²) < 4.78 is 22.5. The van der Waals surface area contributed by atoms with Gasteiger partial charge in [-0.25, -0.2) is 8.42 Å². The number of rotatable bonds is 6. The summed E-state index contributed by atoms with van der Waals surface area (Å²) in [6.07, 6.45) is 2.34. The van der Waals surface area contributed by atoms with Crippen LogP contribution in [0.5, 0.6) is 0 Å². The fraction of sp³-hybridized carbons (Fsp3) is 0.500. The van der Waals surface area contributed by atoms with Crippen LogP contribution >= 0.6 is 0 Å². The number of benzene rings is 1. The van der Waals surface area contributed by atoms with Gasteiger partial charge in [0.2, 0.25) is 0 Å². The van der Waals surface area contributed by atoms with E-state index in [2.05, 4.69) is 5.32 Å². The van der Waals surface area contributed by atoms with Crippen LogP contribution < -0.4 is 5.32 Å². The summed E-state index contributed by atoms with van der Waals surface area (Å²) in [5.41, 5.74) is 0.862. The number of aliphatic hydroxyl groups excluding tert-OH is 1. The van der Waals surface area contributed by atoms with Crippen LogP contribution in [0.3, 0.4) is 0 Å². The maximum atomic E-state index is 11.2. The van der Waals surface area contributed by atoms with E-state index in [9.17, 15) is 13.5 Å². The maximum Gasteiger partial charge on any atom is 0.175 e. The van der Waals surface area contributed by atoms with Crippen molar-refractivity contribution in [2.24, 2.45) is 0 Å². The number of hydrogen-bond donors (Lipinski definition) is 2. The molecule has 2 N–H and O–H groups in total. The second-order valence-electron chi connectivity index (χ2n) is 4.07. The van der Waals surface area contributed by atoms with Gasteiger partial charge in [-0.15, -0.1) is 0 Å². The molecule has 0 amide bonds. The van der Waals surface area contributed by atoms with Gasteiger partial charge in [0.1, 0.15) is 0 Å². The Morgan fingerprint density at radius 1 is 1.29 bits per heavy atom. The van der Waals surface area contributed by atoms with E-state index in [-0.39, 0.29) is 6.10 Å². The van der Waals surface area contributed by atoms with E-state index < -0.39 is 9.84 Å². The number of aliphatic hydroxyl groups is 1. The fourth-order valence-corrected chi connectivity index (χ4v) is 2.04. The van der Waals surface area contributed by atoms with E-state index >= 15 is 0 Å². The number of nitrogens with one attached hydrogen (secondary N) is 1. The summed E-state index contributed by atoms with van der Waals surface area (Å²) in [5.74, 6) is 0. The zero-order valence-corrected chi connectivity index (χ0v) is 11.0. The van der Waals surface area contributed by atoms with Gasteiger partial charge in [-0.1, -0.05) is 6.92 Å². The van der Waals surface area contributed by atoms with Crippen LogP contribution in [0.1, 0.15) is 19.8 Å². The molecule has 1 aromatic carbocycles. The zero-order valence-electron chi connectivity index (χ0n) is 10.2. The molecule has 0 heterocycles. The van der Waals surface area contributed by atoms with Crippen LogP contribution in [0.25, 0.3) is 0 Å². The maximum absolute atomic E-state index is 11.2. The van der Waals surface area contributed by atoms with Gasteiger partial charge >= 0.3 is 0 Å². The van der Waals surface area contributed by atoms with E-state index in [0.29, 0.717) is 17.9 Å². The van der Waals surface area contributed by atoms with E-state index in [1.54, 1.807) is 24.3 Å². The minimum absolute atomic E-state index is 0.280. The Hall–Kier alpha value is -1.07. The minimum Gasteiger partial charge on any atom is -0.393 e. The predicted octanol–water partition coefficient (Wildman–Crippen LogP) is 1.66. The van der Waals surface area contributed by atoms with Gasteiger partial charge in [0.15, 0.2) is 9.84 Å². The van der Waals surface area contributed by atoms with Gasteiger partial charge in [-0.05, 0) is 37.1 Å². The highest BCUT2D eigenvalue weighted by atomic mass is 32.2. The van der Waals surface area contributed by atoms with Crippen molar-refractivity contribution < 1.29 is 13.5 Å². The molecule has 1 unspecified atom stereocenters. The highest BCUT2D eigenvalue weighted by Gasteiger charge is 2.06. The third-order valence-electron chi connectivity index (χ3n) is 2.56. The molecule has 4 nitrogen and oxygen atoms in total. The topological polar surface area (TPSA) is 66.4 Å². The lowest BCUT2D eigenvalue weighted by molar-refractivity contribution is 0.164. The molecule has 0 aromatic heterocycles. The second-order valence-corrected chi connectivity index (χ2v) is 6.09. The normalized spacial score (nSPS) is 13.4. The van der Waals surface area contributed by atoms with Crippen molar-refractivity contribution in [3.05, 3.63) is 24.3 Å². The average Bonchev–Trinajstić information content (AvgIpc) is 2.28. The SMILES string of the molecule is CCC(O)CCNc1ccc(S(C)(=O)=O)cc1. The summed E-state index contributed by atoms with van der Waals surface area (Å²) in [6, 6.07) is 6.62. The molecule has 0 radical (unpaired) electrons. The molecule has 5 heteroatoms. The zero-order chi connectivity index (χ0) is 12.9. The van der Waals surface area contributed by atoms with Gasteiger partial charge in [0.05, 0.1) is 11.0 Å². The van der Waals surface area contributed by atoms with Crippen molar-refractivity contribution >= 4 is 15.5 Å². The molecule has 0 aliphatic heterocycles. The Labute approximate surface area is 103 Å². The van der Waals surface area contributed by atoms with Crippen molar-refractivity contribution in [3.8, 4) is 0 Å². The van der Waals surface area contributed by atoms with Crippen LogP contribution in [-0.2, 0) is 9.84 Å². The quantitative estimate of drug-likeness (QED) is 0.813. The van der Waals surface area contributed by atoms with Crippen LogP contribution in [0.4, 0.5) is 5.69 Å². The van der Waals surface area contributed by atoms with Crippen LogP contribution in [0, 0.1) is 0 Å². The van der Waals surface area contributed by atoms with Crippen LogP contribution in [0.15, 0.2) is 29.2 Å². The minimum atomic E-state index is -3.13. The van der Waals surface area contributed by atoms with Gasteiger partial charge < -0.3 is 10.4 Å². The molecular weight excluding hydrogens is 238 g/mol. The lowest BCUT2D eigenvalue weighted by atomic mass is 10.2. The second kappa shape index (κ2) is 6.02. The lowest BCUT2D eigenvalue weighted by Crippen LogP contribution is -2.12. The molecule has 1 atom stereocenters. The largest absolute Gasteiger partial charge is 0.393 e. The molecule has 96 valence electrons. The number of anilines is 1. The first-order valence-corrected chi connectivity index (χ1v) is 7.54. The Balaban J connectivity index is 2.52. The summed E-state index contributed by atoms with van der Waals surface area (Å²) in [4.78, 5) is 0.316. The first-order chi connectivity index (χ1) is 7.93. The van der Waals surface area contributed by atoms with Gasteiger partial charge in [0, 0.05) is 18.5 Å². The molecule has 0 bridgehead atoms. The molecule has 0 aliphatic carbocycles. The molecule has 0 aliphatic rings. The first-order valence-electron chi connectivity index (χ1n) is 5.65. The summed E-state index contributed by atoms with van der Waals surface area (Å²) >= 11 is 0. The summed E-state index contributed by atoms with van der Waals surface area (Å²) in [5, 5.41) is 12.5. The predicted molar refractivity (Wildman–Crippen MR) is 69.0 cm³/mol. The molecule has 0 fully saturated rings. The molecular formula is C12H19NO3S. The number of sulfone groups is 1. The van der Waals surface area contributed by atoms with E-state index in [4.69, 9.17) is 0 Å². The lowest BCUT2D eigenvalue weighted by Gasteiger charge is -2.10. The van der Waals surface area contributed by atoms with Gasteiger partial charge in [-0.3, -0.25) is 0 Å². The average molecular weight is 257 g/mol. The highest BCUT2D eigenvalue weighted by Crippen LogP contribution is 2.13. The van der Waals surface area contributed by atoms with Crippen molar-refractivity contribution in [3.63, 3.8) is 0 Å². The number of hydrogen-bond acceptors (Lipinski definition) is 4. The van der Waals surface area contributed by atoms with Crippen molar-refractivity contribution in [2.45, 2.75) is 30.8 Å². The molecule has 17 heavy (non-hydrogen) atoms. The fourth-order valence-electron chi connectivity index (χ4n) is 1.41. The molecule has 0 saturated heterocycles. The first kappa shape index (κ1) is 14.0. The molecule has 1 aromatic rings.